The lowest BCUT2D eigenvalue weighted by atomic mass is 10.2. The van der Waals surface area contributed by atoms with Crippen molar-refractivity contribution < 1.29 is 14.4 Å². The van der Waals surface area contributed by atoms with Gasteiger partial charge in [-0.05, 0) is 53.4 Å². The van der Waals surface area contributed by atoms with Crippen molar-refractivity contribution in [3.05, 3.63) is 19.0 Å². The van der Waals surface area contributed by atoms with Gasteiger partial charge >= 0.3 is 0 Å². The normalized spacial score (nSPS) is 12.8. The molecule has 0 amide bonds. The van der Waals surface area contributed by atoms with Crippen LogP contribution in [0.25, 0.3) is 0 Å². The molecule has 7 heteroatoms. The van der Waals surface area contributed by atoms with Crippen LogP contribution >= 0.6 is 47.8 Å². The molecule has 1 aromatic rings. The van der Waals surface area contributed by atoms with Crippen LogP contribution in [-0.2, 0) is 16.6 Å². The molecule has 1 unspecified atom stereocenters. The average molecular weight is 423 g/mol. The Morgan fingerprint density at radius 1 is 1.07 bits per heavy atom. The van der Waals surface area contributed by atoms with E-state index in [-0.39, 0.29) is 17.3 Å². The van der Waals surface area contributed by atoms with Crippen LogP contribution < -0.4 is 0 Å². The fraction of sp³-hybridized carbons (Fsp3) is 0.250. The molecule has 0 aliphatic rings. The largest absolute Gasteiger partial charge is 0.503 e. The standard InChI is InChI=1S/C8H7Br3O3S/c1-15(14)2-3-4(9)6(11)8(13)7(12)5(3)10/h12-13H,2H2,1H3. The van der Waals surface area contributed by atoms with E-state index in [1.807, 2.05) is 0 Å². The van der Waals surface area contributed by atoms with Gasteiger partial charge in [-0.25, -0.2) is 0 Å². The zero-order valence-corrected chi connectivity index (χ0v) is 13.1. The van der Waals surface area contributed by atoms with E-state index in [0.29, 0.717) is 19.0 Å². The van der Waals surface area contributed by atoms with Gasteiger partial charge in [0.05, 0.1) is 14.7 Å². The molecular formula is C8H7Br3O3S. The molecule has 0 spiro atoms. The number of halogens is 3. The quantitative estimate of drug-likeness (QED) is 0.568. The monoisotopic (exact) mass is 420 g/mol. The highest BCUT2D eigenvalue weighted by atomic mass is 79.9. The summed E-state index contributed by atoms with van der Waals surface area (Å²) in [6.45, 7) is 0. The van der Waals surface area contributed by atoms with Crippen LogP contribution in [-0.4, -0.2) is 20.7 Å². The van der Waals surface area contributed by atoms with Crippen LogP contribution in [0.2, 0.25) is 0 Å². The molecule has 0 fully saturated rings. The Balaban J connectivity index is 3.45. The molecule has 84 valence electrons. The number of phenolic OH excluding ortho intramolecular Hbond substituents is 2. The molecule has 1 aromatic carbocycles. The van der Waals surface area contributed by atoms with E-state index in [4.69, 9.17) is 0 Å². The lowest BCUT2D eigenvalue weighted by molar-refractivity contribution is 0.398. The van der Waals surface area contributed by atoms with Gasteiger partial charge in [-0.1, -0.05) is 0 Å². The van der Waals surface area contributed by atoms with Crippen molar-refractivity contribution in [2.75, 3.05) is 6.26 Å². The van der Waals surface area contributed by atoms with Crippen molar-refractivity contribution in [3.63, 3.8) is 0 Å². The summed E-state index contributed by atoms with van der Waals surface area (Å²) in [5, 5.41) is 19.1. The highest BCUT2D eigenvalue weighted by molar-refractivity contribution is 9.13. The van der Waals surface area contributed by atoms with Gasteiger partial charge in [0, 0.05) is 21.5 Å². The van der Waals surface area contributed by atoms with Gasteiger partial charge < -0.3 is 10.2 Å². The molecule has 15 heavy (non-hydrogen) atoms. The Morgan fingerprint density at radius 3 is 2.00 bits per heavy atom. The molecule has 0 saturated carbocycles. The highest BCUT2D eigenvalue weighted by Gasteiger charge is 2.19. The molecule has 0 aromatic heterocycles. The molecule has 1 rings (SSSR count). The van der Waals surface area contributed by atoms with Crippen molar-refractivity contribution in [1.82, 2.24) is 0 Å². The summed E-state index contributed by atoms with van der Waals surface area (Å²) in [5.74, 6) is -0.224. The van der Waals surface area contributed by atoms with Crippen molar-refractivity contribution in [2.24, 2.45) is 0 Å². The van der Waals surface area contributed by atoms with Crippen molar-refractivity contribution in [1.29, 1.82) is 0 Å². The average Bonchev–Trinajstić information content (AvgIpc) is 2.18. The molecule has 2 N–H and O–H groups in total. The van der Waals surface area contributed by atoms with Crippen molar-refractivity contribution in [3.8, 4) is 11.5 Å². The van der Waals surface area contributed by atoms with Crippen LogP contribution in [0, 0.1) is 0 Å². The summed E-state index contributed by atoms with van der Waals surface area (Å²) in [6.07, 6.45) is 1.57. The second-order valence-corrected chi connectivity index (χ2v) is 6.65. The molecule has 0 bridgehead atoms. The lowest BCUT2D eigenvalue weighted by Gasteiger charge is -2.11. The van der Waals surface area contributed by atoms with Gasteiger partial charge in [-0.3, -0.25) is 4.21 Å². The fourth-order valence-electron chi connectivity index (χ4n) is 1.01. The Morgan fingerprint density at radius 2 is 1.53 bits per heavy atom. The zero-order chi connectivity index (χ0) is 11.7. The van der Waals surface area contributed by atoms with E-state index in [1.54, 1.807) is 6.26 Å². The summed E-state index contributed by atoms with van der Waals surface area (Å²) in [6, 6.07) is 0. The predicted octanol–water partition coefficient (Wildman–Crippen LogP) is 3.26. The topological polar surface area (TPSA) is 57.5 Å². The van der Waals surface area contributed by atoms with Gasteiger partial charge in [0.2, 0.25) is 0 Å². The summed E-state index contributed by atoms with van der Waals surface area (Å²) >= 11 is 9.54. The van der Waals surface area contributed by atoms with E-state index in [9.17, 15) is 14.4 Å². The molecule has 0 aliphatic heterocycles. The first kappa shape index (κ1) is 13.5. The Labute approximate surface area is 115 Å². The second kappa shape index (κ2) is 5.16. The van der Waals surface area contributed by atoms with Gasteiger partial charge in [-0.15, -0.1) is 0 Å². The van der Waals surface area contributed by atoms with Crippen molar-refractivity contribution >= 4 is 58.6 Å². The lowest BCUT2D eigenvalue weighted by Crippen LogP contribution is -1.96. The molecule has 0 radical (unpaired) electrons. The molecule has 3 nitrogen and oxygen atoms in total. The summed E-state index contributed by atoms with van der Waals surface area (Å²) in [4.78, 5) is 0. The van der Waals surface area contributed by atoms with Gasteiger partial charge in [0.25, 0.3) is 0 Å². The Bertz CT molecular complexity index is 405. The zero-order valence-electron chi connectivity index (χ0n) is 7.55. The van der Waals surface area contributed by atoms with Crippen LogP contribution in [0.3, 0.4) is 0 Å². The van der Waals surface area contributed by atoms with E-state index in [0.717, 1.165) is 0 Å². The Kier molecular flexibility index (Phi) is 4.64. The maximum absolute atomic E-state index is 11.1. The van der Waals surface area contributed by atoms with Crippen LogP contribution in [0.5, 0.6) is 11.5 Å². The first-order chi connectivity index (χ1) is 6.86. The number of aromatic hydroxyl groups is 2. The minimum atomic E-state index is -1.03. The highest BCUT2D eigenvalue weighted by Crippen LogP contribution is 2.47. The van der Waals surface area contributed by atoms with Gasteiger partial charge in [-0.2, -0.15) is 0 Å². The summed E-state index contributed by atoms with van der Waals surface area (Å²) in [7, 11) is -1.03. The number of rotatable bonds is 2. The molecular weight excluding hydrogens is 416 g/mol. The number of hydrogen-bond donors (Lipinski definition) is 2. The molecule has 0 saturated heterocycles. The summed E-state index contributed by atoms with van der Waals surface area (Å²) < 4.78 is 12.4. The number of hydrogen-bond acceptors (Lipinski definition) is 3. The van der Waals surface area contributed by atoms with E-state index in [1.165, 1.54) is 0 Å². The number of phenols is 2. The van der Waals surface area contributed by atoms with Crippen LogP contribution in [0.4, 0.5) is 0 Å². The Hall–Kier alpha value is 0.410. The van der Waals surface area contributed by atoms with Gasteiger partial charge in [0.15, 0.2) is 11.5 Å². The third-order valence-electron chi connectivity index (χ3n) is 1.71. The molecule has 0 heterocycles. The fourth-order valence-corrected chi connectivity index (χ4v) is 3.83. The van der Waals surface area contributed by atoms with Gasteiger partial charge in [0.1, 0.15) is 0 Å². The third-order valence-corrected chi connectivity index (χ3v) is 5.44. The molecule has 1 atom stereocenters. The first-order valence-electron chi connectivity index (χ1n) is 3.73. The SMILES string of the molecule is CS(=O)Cc1c(Br)c(O)c(O)c(Br)c1Br. The smallest absolute Gasteiger partial charge is 0.174 e. The maximum atomic E-state index is 11.1. The number of benzene rings is 1. The minimum Gasteiger partial charge on any atom is -0.503 e. The second-order valence-electron chi connectivity index (χ2n) is 2.84. The maximum Gasteiger partial charge on any atom is 0.174 e. The van der Waals surface area contributed by atoms with Crippen LogP contribution in [0.1, 0.15) is 5.56 Å². The van der Waals surface area contributed by atoms with Crippen molar-refractivity contribution in [2.45, 2.75) is 5.75 Å². The van der Waals surface area contributed by atoms with E-state index < -0.39 is 10.8 Å². The third kappa shape index (κ3) is 2.75. The van der Waals surface area contributed by atoms with E-state index >= 15 is 0 Å². The van der Waals surface area contributed by atoms with Crippen LogP contribution in [0.15, 0.2) is 13.4 Å². The predicted molar refractivity (Wildman–Crippen MR) is 70.6 cm³/mol. The van der Waals surface area contributed by atoms with E-state index in [2.05, 4.69) is 47.8 Å². The molecule has 0 aliphatic carbocycles. The first-order valence-corrected chi connectivity index (χ1v) is 7.84. The minimum absolute atomic E-state index is 0.251. The summed E-state index contributed by atoms with van der Waals surface area (Å²) in [5.41, 5.74) is 0.651.